The van der Waals surface area contributed by atoms with E-state index in [2.05, 4.69) is 0 Å². The number of benzene rings is 1. The molecule has 18 heavy (non-hydrogen) atoms. The Kier molecular flexibility index (Phi) is 4.55. The zero-order valence-electron chi connectivity index (χ0n) is 10.3. The fourth-order valence-corrected chi connectivity index (χ4v) is 1.86. The number of nitrogens with two attached hydrogens (primary N) is 1. The molecule has 0 atom stereocenters. The van der Waals surface area contributed by atoms with Crippen molar-refractivity contribution in [2.24, 2.45) is 5.73 Å². The molecule has 2 N–H and O–H groups in total. The molecule has 0 unspecified atom stereocenters. The SMILES string of the molecule is NCc1ccccc1OCC(=O)N1CCOCC1. The van der Waals surface area contributed by atoms with Gasteiger partial charge in [-0.05, 0) is 6.07 Å². The van der Waals surface area contributed by atoms with Gasteiger partial charge in [0.25, 0.3) is 5.91 Å². The lowest BCUT2D eigenvalue weighted by Crippen LogP contribution is -2.43. The van der Waals surface area contributed by atoms with Crippen molar-refractivity contribution in [3.63, 3.8) is 0 Å². The Morgan fingerprint density at radius 1 is 1.33 bits per heavy atom. The second kappa shape index (κ2) is 6.37. The number of ether oxygens (including phenoxy) is 2. The van der Waals surface area contributed by atoms with Crippen molar-refractivity contribution < 1.29 is 14.3 Å². The third-order valence-corrected chi connectivity index (χ3v) is 2.91. The minimum Gasteiger partial charge on any atom is -0.483 e. The molecule has 0 saturated carbocycles. The van der Waals surface area contributed by atoms with Crippen LogP contribution in [-0.2, 0) is 16.1 Å². The Labute approximate surface area is 106 Å². The van der Waals surface area contributed by atoms with Gasteiger partial charge in [0.1, 0.15) is 5.75 Å². The maximum atomic E-state index is 11.9. The molecule has 1 aromatic carbocycles. The molecular formula is C13H18N2O3. The molecule has 98 valence electrons. The molecule has 1 saturated heterocycles. The molecule has 1 heterocycles. The fourth-order valence-electron chi connectivity index (χ4n) is 1.86. The van der Waals surface area contributed by atoms with E-state index in [1.165, 1.54) is 0 Å². The summed E-state index contributed by atoms with van der Waals surface area (Å²) in [4.78, 5) is 13.6. The van der Waals surface area contributed by atoms with Crippen LogP contribution in [0, 0.1) is 0 Å². The maximum absolute atomic E-state index is 11.9. The molecular weight excluding hydrogens is 232 g/mol. The summed E-state index contributed by atoms with van der Waals surface area (Å²) in [5.41, 5.74) is 6.52. The van der Waals surface area contributed by atoms with Gasteiger partial charge in [-0.2, -0.15) is 0 Å². The first-order valence-corrected chi connectivity index (χ1v) is 6.07. The zero-order chi connectivity index (χ0) is 12.8. The van der Waals surface area contributed by atoms with Crippen molar-refractivity contribution in [2.45, 2.75) is 6.54 Å². The molecule has 0 aromatic heterocycles. The van der Waals surface area contributed by atoms with E-state index >= 15 is 0 Å². The zero-order valence-corrected chi connectivity index (χ0v) is 10.3. The van der Waals surface area contributed by atoms with E-state index in [1.54, 1.807) is 4.90 Å². The lowest BCUT2D eigenvalue weighted by Gasteiger charge is -2.26. The van der Waals surface area contributed by atoms with Crippen LogP contribution in [-0.4, -0.2) is 43.7 Å². The topological polar surface area (TPSA) is 64.8 Å². The Balaban J connectivity index is 1.88. The highest BCUT2D eigenvalue weighted by molar-refractivity contribution is 5.77. The standard InChI is InChI=1S/C13H18N2O3/c14-9-11-3-1-2-4-12(11)18-10-13(16)15-5-7-17-8-6-15/h1-4H,5-10,14H2. The fraction of sp³-hybridized carbons (Fsp3) is 0.462. The summed E-state index contributed by atoms with van der Waals surface area (Å²) in [7, 11) is 0. The number of carbonyl (C=O) groups is 1. The summed E-state index contributed by atoms with van der Waals surface area (Å²) < 4.78 is 10.7. The average molecular weight is 250 g/mol. The van der Waals surface area contributed by atoms with E-state index in [0.717, 1.165) is 5.56 Å². The van der Waals surface area contributed by atoms with Crippen LogP contribution in [0.2, 0.25) is 0 Å². The molecule has 5 nitrogen and oxygen atoms in total. The maximum Gasteiger partial charge on any atom is 0.260 e. The van der Waals surface area contributed by atoms with Crippen LogP contribution >= 0.6 is 0 Å². The number of hydrogen-bond acceptors (Lipinski definition) is 4. The van der Waals surface area contributed by atoms with Crippen molar-refractivity contribution in [1.29, 1.82) is 0 Å². The molecule has 0 bridgehead atoms. The highest BCUT2D eigenvalue weighted by Gasteiger charge is 2.17. The first kappa shape index (κ1) is 12.9. The van der Waals surface area contributed by atoms with Gasteiger partial charge in [-0.25, -0.2) is 0 Å². The quantitative estimate of drug-likeness (QED) is 0.839. The number of rotatable bonds is 4. The number of nitrogens with zero attached hydrogens (tertiary/aromatic N) is 1. The molecule has 0 aliphatic carbocycles. The minimum atomic E-state index is -0.00914. The molecule has 1 fully saturated rings. The Hall–Kier alpha value is -1.59. The van der Waals surface area contributed by atoms with Crippen molar-refractivity contribution in [1.82, 2.24) is 4.90 Å². The van der Waals surface area contributed by atoms with Crippen molar-refractivity contribution in [3.05, 3.63) is 29.8 Å². The van der Waals surface area contributed by atoms with Gasteiger partial charge in [-0.3, -0.25) is 4.79 Å². The Morgan fingerprint density at radius 2 is 2.06 bits per heavy atom. The van der Waals surface area contributed by atoms with Gasteiger partial charge in [0.05, 0.1) is 13.2 Å². The molecule has 2 rings (SSSR count). The lowest BCUT2D eigenvalue weighted by atomic mass is 10.2. The van der Waals surface area contributed by atoms with E-state index in [4.69, 9.17) is 15.2 Å². The van der Waals surface area contributed by atoms with Crippen LogP contribution in [0.3, 0.4) is 0 Å². The number of morpholine rings is 1. The summed E-state index contributed by atoms with van der Waals surface area (Å²) in [6, 6.07) is 7.50. The van der Waals surface area contributed by atoms with E-state index in [-0.39, 0.29) is 12.5 Å². The van der Waals surface area contributed by atoms with E-state index in [0.29, 0.717) is 38.6 Å². The number of carbonyl (C=O) groups excluding carboxylic acids is 1. The van der Waals surface area contributed by atoms with Gasteiger partial charge in [-0.15, -0.1) is 0 Å². The molecule has 0 radical (unpaired) electrons. The predicted octanol–water partition coefficient (Wildman–Crippen LogP) is 0.383. The highest BCUT2D eigenvalue weighted by atomic mass is 16.5. The van der Waals surface area contributed by atoms with Gasteiger partial charge in [0, 0.05) is 25.2 Å². The van der Waals surface area contributed by atoms with Crippen LogP contribution in [0.5, 0.6) is 5.75 Å². The molecule has 1 amide bonds. The third kappa shape index (κ3) is 3.21. The van der Waals surface area contributed by atoms with Crippen LogP contribution < -0.4 is 10.5 Å². The second-order valence-electron chi connectivity index (χ2n) is 4.09. The predicted molar refractivity (Wildman–Crippen MR) is 67.2 cm³/mol. The number of hydrogen-bond donors (Lipinski definition) is 1. The third-order valence-electron chi connectivity index (χ3n) is 2.91. The van der Waals surface area contributed by atoms with Gasteiger partial charge < -0.3 is 20.1 Å². The molecule has 5 heteroatoms. The largest absolute Gasteiger partial charge is 0.483 e. The summed E-state index contributed by atoms with van der Waals surface area (Å²) >= 11 is 0. The van der Waals surface area contributed by atoms with Crippen LogP contribution in [0.15, 0.2) is 24.3 Å². The molecule has 0 spiro atoms. The van der Waals surface area contributed by atoms with Crippen molar-refractivity contribution >= 4 is 5.91 Å². The van der Waals surface area contributed by atoms with Gasteiger partial charge in [0.2, 0.25) is 0 Å². The monoisotopic (exact) mass is 250 g/mol. The van der Waals surface area contributed by atoms with E-state index < -0.39 is 0 Å². The molecule has 1 aliphatic heterocycles. The second-order valence-corrected chi connectivity index (χ2v) is 4.09. The van der Waals surface area contributed by atoms with E-state index in [1.807, 2.05) is 24.3 Å². The first-order chi connectivity index (χ1) is 8.81. The number of amides is 1. The normalized spacial score (nSPS) is 15.5. The summed E-state index contributed by atoms with van der Waals surface area (Å²) in [5.74, 6) is 0.673. The smallest absolute Gasteiger partial charge is 0.260 e. The van der Waals surface area contributed by atoms with E-state index in [9.17, 15) is 4.79 Å². The summed E-state index contributed by atoms with van der Waals surface area (Å²) in [6.45, 7) is 2.94. The molecule has 1 aromatic rings. The van der Waals surface area contributed by atoms with Crippen molar-refractivity contribution in [3.8, 4) is 5.75 Å². The lowest BCUT2D eigenvalue weighted by molar-refractivity contribution is -0.137. The Morgan fingerprint density at radius 3 is 2.78 bits per heavy atom. The summed E-state index contributed by atoms with van der Waals surface area (Å²) in [5, 5.41) is 0. The molecule has 1 aliphatic rings. The van der Waals surface area contributed by atoms with Crippen LogP contribution in [0.4, 0.5) is 0 Å². The van der Waals surface area contributed by atoms with Gasteiger partial charge in [-0.1, -0.05) is 18.2 Å². The number of para-hydroxylation sites is 1. The van der Waals surface area contributed by atoms with Crippen LogP contribution in [0.1, 0.15) is 5.56 Å². The van der Waals surface area contributed by atoms with Crippen molar-refractivity contribution in [2.75, 3.05) is 32.9 Å². The van der Waals surface area contributed by atoms with Gasteiger partial charge in [0.15, 0.2) is 6.61 Å². The minimum absolute atomic E-state index is 0.00914. The van der Waals surface area contributed by atoms with Crippen LogP contribution in [0.25, 0.3) is 0 Å². The van der Waals surface area contributed by atoms with Gasteiger partial charge >= 0.3 is 0 Å². The summed E-state index contributed by atoms with van der Waals surface area (Å²) in [6.07, 6.45) is 0. The first-order valence-electron chi connectivity index (χ1n) is 6.07. The Bertz CT molecular complexity index is 403. The highest BCUT2D eigenvalue weighted by Crippen LogP contribution is 2.17. The average Bonchev–Trinajstić information content (AvgIpc) is 2.46.